The van der Waals surface area contributed by atoms with Crippen molar-refractivity contribution in [2.45, 2.75) is 37.5 Å². The van der Waals surface area contributed by atoms with Crippen LogP contribution in [-0.4, -0.2) is 46.1 Å². The van der Waals surface area contributed by atoms with Crippen LogP contribution in [0, 0.1) is 0 Å². The lowest BCUT2D eigenvalue weighted by Gasteiger charge is -2.16. The first-order valence-corrected chi connectivity index (χ1v) is 11.2. The largest absolute Gasteiger partial charge is 0.467 e. The van der Waals surface area contributed by atoms with Gasteiger partial charge in [0.15, 0.2) is 5.17 Å². The molecule has 0 spiro atoms. The van der Waals surface area contributed by atoms with Crippen LogP contribution in [0.4, 0.5) is 5.69 Å². The standard InChI is InChI=1S/C22H24N4O4S/c1-14(17-5-4-12-30-17)23-20(28)15-6-8-16(9-7-15)24-19(27)13-18-21(29)25-22(31-18)26-10-2-3-11-26/h4-9,12,14,18H,2-3,10-11,13H2,1H3,(H,23,28)(H,24,27)/t14-,18+/m0/s1. The van der Waals surface area contributed by atoms with E-state index in [4.69, 9.17) is 4.42 Å². The molecule has 1 saturated heterocycles. The summed E-state index contributed by atoms with van der Waals surface area (Å²) < 4.78 is 5.29. The molecule has 162 valence electrons. The first kappa shape index (κ1) is 21.2. The average Bonchev–Trinajstić information content (AvgIpc) is 3.51. The second-order valence-electron chi connectivity index (χ2n) is 7.57. The van der Waals surface area contributed by atoms with Crippen LogP contribution in [0.15, 0.2) is 52.1 Å². The lowest BCUT2D eigenvalue weighted by Crippen LogP contribution is -2.26. The third kappa shape index (κ3) is 5.16. The summed E-state index contributed by atoms with van der Waals surface area (Å²) in [6, 6.07) is 9.94. The summed E-state index contributed by atoms with van der Waals surface area (Å²) in [4.78, 5) is 43.2. The summed E-state index contributed by atoms with van der Waals surface area (Å²) in [6.07, 6.45) is 3.84. The van der Waals surface area contributed by atoms with Gasteiger partial charge in [0, 0.05) is 30.8 Å². The van der Waals surface area contributed by atoms with Crippen LogP contribution >= 0.6 is 11.8 Å². The Balaban J connectivity index is 1.27. The van der Waals surface area contributed by atoms with Crippen molar-refractivity contribution in [1.29, 1.82) is 0 Å². The number of carbonyl (C=O) groups excluding carboxylic acids is 3. The molecule has 1 aromatic carbocycles. The monoisotopic (exact) mass is 440 g/mol. The molecule has 0 radical (unpaired) electrons. The Kier molecular flexibility index (Phi) is 6.41. The van der Waals surface area contributed by atoms with Gasteiger partial charge in [-0.05, 0) is 56.2 Å². The zero-order chi connectivity index (χ0) is 21.8. The van der Waals surface area contributed by atoms with Gasteiger partial charge >= 0.3 is 0 Å². The molecule has 2 N–H and O–H groups in total. The fourth-order valence-corrected chi connectivity index (χ4v) is 4.64. The van der Waals surface area contributed by atoms with Crippen LogP contribution in [0.25, 0.3) is 0 Å². The molecule has 3 amide bonds. The molecule has 0 unspecified atom stereocenters. The number of nitrogens with zero attached hydrogens (tertiary/aromatic N) is 2. The third-order valence-corrected chi connectivity index (χ3v) is 6.44. The first-order chi connectivity index (χ1) is 15.0. The van der Waals surface area contributed by atoms with Gasteiger partial charge in [-0.3, -0.25) is 14.4 Å². The van der Waals surface area contributed by atoms with E-state index in [1.807, 2.05) is 6.92 Å². The van der Waals surface area contributed by atoms with Gasteiger partial charge < -0.3 is 20.0 Å². The van der Waals surface area contributed by atoms with Gasteiger partial charge in [0.1, 0.15) is 11.0 Å². The van der Waals surface area contributed by atoms with E-state index in [0.29, 0.717) is 17.0 Å². The predicted molar refractivity (Wildman–Crippen MR) is 119 cm³/mol. The first-order valence-electron chi connectivity index (χ1n) is 10.3. The Morgan fingerprint density at radius 3 is 2.65 bits per heavy atom. The minimum atomic E-state index is -0.483. The van der Waals surface area contributed by atoms with Gasteiger partial charge in [-0.25, -0.2) is 0 Å². The van der Waals surface area contributed by atoms with Gasteiger partial charge in [-0.1, -0.05) is 11.8 Å². The van der Waals surface area contributed by atoms with Crippen molar-refractivity contribution >= 4 is 40.3 Å². The highest BCUT2D eigenvalue weighted by molar-refractivity contribution is 8.15. The summed E-state index contributed by atoms with van der Waals surface area (Å²) >= 11 is 1.37. The zero-order valence-electron chi connectivity index (χ0n) is 17.2. The highest BCUT2D eigenvalue weighted by atomic mass is 32.2. The van der Waals surface area contributed by atoms with E-state index in [-0.39, 0.29) is 30.2 Å². The minimum Gasteiger partial charge on any atom is -0.467 e. The van der Waals surface area contributed by atoms with Crippen molar-refractivity contribution in [2.24, 2.45) is 4.99 Å². The van der Waals surface area contributed by atoms with Crippen molar-refractivity contribution in [3.8, 4) is 0 Å². The molecule has 2 atom stereocenters. The Labute approximate surface area is 184 Å². The van der Waals surface area contributed by atoms with Crippen LogP contribution < -0.4 is 10.6 Å². The molecule has 1 aromatic heterocycles. The molecule has 0 bridgehead atoms. The number of rotatable bonds is 6. The number of aliphatic imine (C=N–C) groups is 1. The second-order valence-corrected chi connectivity index (χ2v) is 8.74. The SMILES string of the molecule is C[C@H](NC(=O)c1ccc(NC(=O)C[C@H]2SC(N3CCCC3)=NC2=O)cc1)c1ccco1. The van der Waals surface area contributed by atoms with Crippen molar-refractivity contribution in [1.82, 2.24) is 10.2 Å². The van der Waals surface area contributed by atoms with E-state index in [1.165, 1.54) is 11.8 Å². The van der Waals surface area contributed by atoms with Crippen LogP contribution in [0.2, 0.25) is 0 Å². The van der Waals surface area contributed by atoms with Gasteiger partial charge in [-0.2, -0.15) is 4.99 Å². The maximum absolute atomic E-state index is 12.4. The smallest absolute Gasteiger partial charge is 0.262 e. The Hall–Kier alpha value is -3.07. The molecular weight excluding hydrogens is 416 g/mol. The van der Waals surface area contributed by atoms with Gasteiger partial charge in [0.05, 0.1) is 12.3 Å². The number of furan rings is 1. The van der Waals surface area contributed by atoms with E-state index < -0.39 is 5.25 Å². The number of hydrogen-bond donors (Lipinski definition) is 2. The van der Waals surface area contributed by atoms with Gasteiger partial charge in [0.25, 0.3) is 11.8 Å². The van der Waals surface area contributed by atoms with Crippen LogP contribution in [0.1, 0.15) is 48.3 Å². The summed E-state index contributed by atoms with van der Waals surface area (Å²) in [5.41, 5.74) is 1.04. The van der Waals surface area contributed by atoms with Crippen molar-refractivity contribution in [3.63, 3.8) is 0 Å². The zero-order valence-corrected chi connectivity index (χ0v) is 18.0. The van der Waals surface area contributed by atoms with E-state index in [0.717, 1.165) is 31.1 Å². The van der Waals surface area contributed by atoms with Crippen LogP contribution in [0.3, 0.4) is 0 Å². The van der Waals surface area contributed by atoms with E-state index >= 15 is 0 Å². The van der Waals surface area contributed by atoms with Gasteiger partial charge in [-0.15, -0.1) is 0 Å². The molecule has 4 rings (SSSR count). The number of benzene rings is 1. The Morgan fingerprint density at radius 2 is 1.97 bits per heavy atom. The molecular formula is C22H24N4O4S. The maximum Gasteiger partial charge on any atom is 0.262 e. The van der Waals surface area contributed by atoms with Crippen molar-refractivity contribution in [3.05, 3.63) is 54.0 Å². The fraction of sp³-hybridized carbons (Fsp3) is 0.364. The average molecular weight is 441 g/mol. The van der Waals surface area contributed by atoms with Crippen LogP contribution in [-0.2, 0) is 9.59 Å². The highest BCUT2D eigenvalue weighted by Crippen LogP contribution is 2.29. The summed E-state index contributed by atoms with van der Waals surface area (Å²) in [5, 5.41) is 5.90. The van der Waals surface area contributed by atoms with E-state index in [9.17, 15) is 14.4 Å². The minimum absolute atomic E-state index is 0.0627. The number of carbonyl (C=O) groups is 3. The normalized spacial score (nSPS) is 19.3. The number of likely N-dealkylation sites (tertiary alicyclic amines) is 1. The number of anilines is 1. The summed E-state index contributed by atoms with van der Waals surface area (Å²) in [6.45, 7) is 3.67. The maximum atomic E-state index is 12.4. The molecule has 2 aliphatic rings. The van der Waals surface area contributed by atoms with Crippen molar-refractivity contribution in [2.75, 3.05) is 18.4 Å². The molecule has 3 heterocycles. The molecule has 31 heavy (non-hydrogen) atoms. The highest BCUT2D eigenvalue weighted by Gasteiger charge is 2.33. The quantitative estimate of drug-likeness (QED) is 0.715. The number of amides is 3. The molecule has 2 aromatic rings. The third-order valence-electron chi connectivity index (χ3n) is 5.22. The molecule has 8 nitrogen and oxygen atoms in total. The Morgan fingerprint density at radius 1 is 1.23 bits per heavy atom. The molecule has 9 heteroatoms. The Bertz CT molecular complexity index is 981. The molecule has 2 aliphatic heterocycles. The number of hydrogen-bond acceptors (Lipinski definition) is 6. The van der Waals surface area contributed by atoms with Crippen LogP contribution in [0.5, 0.6) is 0 Å². The number of nitrogens with one attached hydrogen (secondary N) is 2. The topological polar surface area (TPSA) is 104 Å². The number of thioether (sulfide) groups is 1. The number of amidine groups is 1. The summed E-state index contributed by atoms with van der Waals surface area (Å²) in [7, 11) is 0. The van der Waals surface area contributed by atoms with E-state index in [1.54, 1.807) is 42.7 Å². The second kappa shape index (κ2) is 9.38. The predicted octanol–water partition coefficient (Wildman–Crippen LogP) is 3.19. The lowest BCUT2D eigenvalue weighted by atomic mass is 10.1. The lowest BCUT2D eigenvalue weighted by molar-refractivity contribution is -0.121. The summed E-state index contributed by atoms with van der Waals surface area (Å²) in [5.74, 6) is -0.0677. The van der Waals surface area contributed by atoms with Gasteiger partial charge in [0.2, 0.25) is 5.91 Å². The van der Waals surface area contributed by atoms with Crippen molar-refractivity contribution < 1.29 is 18.8 Å². The molecule has 0 saturated carbocycles. The molecule has 0 aliphatic carbocycles. The van der Waals surface area contributed by atoms with E-state index in [2.05, 4.69) is 20.5 Å². The molecule has 1 fully saturated rings. The fourth-order valence-electron chi connectivity index (χ4n) is 3.53.